The molecule has 0 atom stereocenters. The Kier molecular flexibility index (Phi) is 3.70. The second-order valence-corrected chi connectivity index (χ2v) is 3.10. The number of nitrogens with zero attached hydrogens (tertiary/aromatic N) is 1. The summed E-state index contributed by atoms with van der Waals surface area (Å²) < 4.78 is 36.5. The predicted molar refractivity (Wildman–Crippen MR) is 49.8 cm³/mol. The molecule has 0 aliphatic carbocycles. The summed E-state index contributed by atoms with van der Waals surface area (Å²) in [5, 5.41) is 1.72. The van der Waals surface area contributed by atoms with Crippen molar-refractivity contribution in [3.8, 4) is 0 Å². The van der Waals surface area contributed by atoms with Gasteiger partial charge in [0.25, 0.3) is 0 Å². The van der Waals surface area contributed by atoms with Crippen LogP contribution in [0.2, 0.25) is 0 Å². The van der Waals surface area contributed by atoms with Gasteiger partial charge < -0.3 is 9.88 Å². The Labute approximate surface area is 88.7 Å². The first-order valence-corrected chi connectivity index (χ1v) is 4.36. The first-order chi connectivity index (χ1) is 7.37. The van der Waals surface area contributed by atoms with Gasteiger partial charge in [0.05, 0.1) is 0 Å². The third-order valence-electron chi connectivity index (χ3n) is 1.67. The van der Waals surface area contributed by atoms with Gasteiger partial charge in [0, 0.05) is 24.5 Å². The lowest BCUT2D eigenvalue weighted by Gasteiger charge is -2.09. The minimum atomic E-state index is -4.42. The lowest BCUT2D eigenvalue weighted by Crippen LogP contribution is -2.35. The molecule has 0 radical (unpaired) electrons. The number of alkyl halides is 3. The van der Waals surface area contributed by atoms with Gasteiger partial charge in [-0.15, -0.1) is 0 Å². The van der Waals surface area contributed by atoms with Gasteiger partial charge in [-0.05, 0) is 0 Å². The van der Waals surface area contributed by atoms with Crippen LogP contribution in [0.5, 0.6) is 0 Å². The Hall–Kier alpha value is -1.79. The van der Waals surface area contributed by atoms with Crippen LogP contribution in [0.1, 0.15) is 0 Å². The monoisotopic (exact) mass is 234 g/mol. The summed E-state index contributed by atoms with van der Waals surface area (Å²) in [5.74, 6) is -0.763. The van der Waals surface area contributed by atoms with Crippen molar-refractivity contribution in [2.45, 2.75) is 12.7 Å². The highest BCUT2D eigenvalue weighted by Gasteiger charge is 2.27. The molecule has 0 aliphatic heterocycles. The zero-order valence-corrected chi connectivity index (χ0v) is 8.12. The van der Waals surface area contributed by atoms with Crippen LogP contribution in [0.4, 0.5) is 13.2 Å². The first-order valence-electron chi connectivity index (χ1n) is 4.36. The number of hydrogen-bond donors (Lipinski definition) is 1. The molecule has 1 N–H and O–H groups in total. The molecule has 0 bridgehead atoms. The number of carbonyl (C=O) groups excluding carboxylic acids is 1. The summed E-state index contributed by atoms with van der Waals surface area (Å²) in [5.41, 5.74) is -0.230. The minimum absolute atomic E-state index is 0.230. The van der Waals surface area contributed by atoms with Gasteiger partial charge in [-0.25, -0.2) is 0 Å². The predicted octanol–water partition coefficient (Wildman–Crippen LogP) is 0.527. The molecule has 0 fully saturated rings. The molecule has 0 unspecified atom stereocenters. The smallest absolute Gasteiger partial charge is 0.345 e. The molecule has 1 aromatic heterocycles. The molecule has 1 aromatic rings. The van der Waals surface area contributed by atoms with Crippen LogP contribution in [0.15, 0.2) is 29.3 Å². The van der Waals surface area contributed by atoms with E-state index in [1.165, 1.54) is 29.1 Å². The van der Waals surface area contributed by atoms with E-state index < -0.39 is 18.6 Å². The molecule has 0 saturated carbocycles. The van der Waals surface area contributed by atoms with Gasteiger partial charge in [-0.2, -0.15) is 13.2 Å². The number of rotatable bonds is 3. The largest absolute Gasteiger partial charge is 0.405 e. The summed E-state index contributed by atoms with van der Waals surface area (Å²) in [6.45, 7) is -1.61. The van der Waals surface area contributed by atoms with E-state index in [0.29, 0.717) is 0 Å². The van der Waals surface area contributed by atoms with Crippen molar-refractivity contribution < 1.29 is 18.0 Å². The zero-order chi connectivity index (χ0) is 12.2. The summed E-state index contributed by atoms with van der Waals surface area (Å²) >= 11 is 0. The molecule has 0 spiro atoms. The summed E-state index contributed by atoms with van der Waals surface area (Å²) in [4.78, 5) is 21.7. The quantitative estimate of drug-likeness (QED) is 0.829. The maximum atomic E-state index is 11.7. The fraction of sp³-hybridized carbons (Fsp3) is 0.333. The van der Waals surface area contributed by atoms with Gasteiger partial charge in [0.2, 0.25) is 5.91 Å². The highest BCUT2D eigenvalue weighted by atomic mass is 19.4. The Bertz CT molecular complexity index is 405. The molecule has 7 heteroatoms. The Balaban J connectivity index is 2.46. The fourth-order valence-corrected chi connectivity index (χ4v) is 0.970. The van der Waals surface area contributed by atoms with Crippen molar-refractivity contribution in [1.82, 2.24) is 9.88 Å². The minimum Gasteiger partial charge on any atom is -0.345 e. The highest BCUT2D eigenvalue weighted by Crippen LogP contribution is 2.11. The maximum Gasteiger partial charge on any atom is 0.405 e. The van der Waals surface area contributed by atoms with Crippen LogP contribution < -0.4 is 10.7 Å². The number of hydrogen-bond acceptors (Lipinski definition) is 2. The van der Waals surface area contributed by atoms with Crippen molar-refractivity contribution in [2.75, 3.05) is 6.54 Å². The Morgan fingerprint density at radius 1 is 1.31 bits per heavy atom. The molecular formula is C9H9F3N2O2. The second-order valence-electron chi connectivity index (χ2n) is 3.10. The fourth-order valence-electron chi connectivity index (χ4n) is 0.970. The molecule has 0 aliphatic rings. The van der Waals surface area contributed by atoms with Crippen LogP contribution in [0.3, 0.4) is 0 Å². The summed E-state index contributed by atoms with van der Waals surface area (Å²) in [6.07, 6.45) is -1.76. The van der Waals surface area contributed by atoms with Crippen LogP contribution in [-0.2, 0) is 11.3 Å². The van der Waals surface area contributed by atoms with Crippen molar-refractivity contribution in [3.05, 3.63) is 34.7 Å². The molecule has 1 rings (SSSR count). The van der Waals surface area contributed by atoms with E-state index in [0.717, 1.165) is 0 Å². The van der Waals surface area contributed by atoms with Crippen LogP contribution >= 0.6 is 0 Å². The average Bonchev–Trinajstić information content (AvgIpc) is 2.18. The van der Waals surface area contributed by atoms with E-state index in [1.54, 1.807) is 5.32 Å². The maximum absolute atomic E-state index is 11.7. The van der Waals surface area contributed by atoms with Crippen molar-refractivity contribution in [3.63, 3.8) is 0 Å². The number of aromatic nitrogens is 1. The number of halogens is 3. The molecule has 1 amide bonds. The molecule has 1 heterocycles. The van der Waals surface area contributed by atoms with E-state index in [9.17, 15) is 22.8 Å². The Morgan fingerprint density at radius 3 is 2.38 bits per heavy atom. The normalized spacial score (nSPS) is 11.2. The van der Waals surface area contributed by atoms with E-state index in [2.05, 4.69) is 0 Å². The molecule has 0 saturated heterocycles. The number of amides is 1. The molecular weight excluding hydrogens is 225 g/mol. The topological polar surface area (TPSA) is 51.1 Å². The molecule has 16 heavy (non-hydrogen) atoms. The SMILES string of the molecule is O=C(Cn1ccc(=O)cc1)NCC(F)(F)F. The number of nitrogens with one attached hydrogen (secondary N) is 1. The van der Waals surface area contributed by atoms with E-state index >= 15 is 0 Å². The lowest BCUT2D eigenvalue weighted by molar-refractivity contribution is -0.138. The van der Waals surface area contributed by atoms with Gasteiger partial charge in [-0.1, -0.05) is 0 Å². The van der Waals surface area contributed by atoms with Crippen LogP contribution in [0.25, 0.3) is 0 Å². The van der Waals surface area contributed by atoms with Crippen LogP contribution in [-0.4, -0.2) is 23.2 Å². The first kappa shape index (κ1) is 12.3. The molecule has 0 aromatic carbocycles. The molecule has 4 nitrogen and oxygen atoms in total. The number of carbonyl (C=O) groups is 1. The zero-order valence-electron chi connectivity index (χ0n) is 8.12. The van der Waals surface area contributed by atoms with Crippen molar-refractivity contribution in [2.24, 2.45) is 0 Å². The second kappa shape index (κ2) is 4.82. The lowest BCUT2D eigenvalue weighted by atomic mass is 10.4. The van der Waals surface area contributed by atoms with Crippen molar-refractivity contribution in [1.29, 1.82) is 0 Å². The standard InChI is InChI=1S/C9H9F3N2O2/c10-9(11,12)6-13-8(16)5-14-3-1-7(15)2-4-14/h1-4H,5-6H2,(H,13,16). The van der Waals surface area contributed by atoms with Crippen molar-refractivity contribution >= 4 is 5.91 Å². The molecule has 88 valence electrons. The third kappa shape index (κ3) is 4.63. The highest BCUT2D eigenvalue weighted by molar-refractivity contribution is 5.75. The van der Waals surface area contributed by atoms with Gasteiger partial charge in [-0.3, -0.25) is 9.59 Å². The summed E-state index contributed by atoms with van der Waals surface area (Å²) in [6, 6.07) is 2.44. The van der Waals surface area contributed by atoms with Gasteiger partial charge in [0.15, 0.2) is 5.43 Å². The van der Waals surface area contributed by atoms with E-state index in [4.69, 9.17) is 0 Å². The van der Waals surface area contributed by atoms with Gasteiger partial charge in [0.1, 0.15) is 13.1 Å². The third-order valence-corrected chi connectivity index (χ3v) is 1.67. The van der Waals surface area contributed by atoms with Crippen LogP contribution in [0, 0.1) is 0 Å². The van der Waals surface area contributed by atoms with E-state index in [1.807, 2.05) is 0 Å². The van der Waals surface area contributed by atoms with Gasteiger partial charge >= 0.3 is 6.18 Å². The Morgan fingerprint density at radius 2 is 1.88 bits per heavy atom. The average molecular weight is 234 g/mol. The number of pyridine rings is 1. The summed E-state index contributed by atoms with van der Waals surface area (Å²) in [7, 11) is 0. The van der Waals surface area contributed by atoms with E-state index in [-0.39, 0.29) is 12.0 Å².